The van der Waals surface area contributed by atoms with Crippen molar-refractivity contribution >= 4 is 5.97 Å². The molecule has 0 aromatic heterocycles. The van der Waals surface area contributed by atoms with Crippen LogP contribution in [0.1, 0.15) is 12.8 Å². The summed E-state index contributed by atoms with van der Waals surface area (Å²) in [5, 5.41) is 12.1. The van der Waals surface area contributed by atoms with Crippen molar-refractivity contribution in [2.24, 2.45) is 0 Å². The Hall–Kier alpha value is -0.690. The predicted molar refractivity (Wildman–Crippen MR) is 60.7 cm³/mol. The summed E-state index contributed by atoms with van der Waals surface area (Å²) in [7, 11) is 1.62. The van der Waals surface area contributed by atoms with E-state index in [-0.39, 0.29) is 12.0 Å². The maximum absolute atomic E-state index is 11.5. The molecule has 0 amide bonds. The summed E-state index contributed by atoms with van der Waals surface area (Å²) in [6.07, 6.45) is 0.665. The first-order chi connectivity index (χ1) is 8.24. The number of methoxy groups -OCH3 is 1. The fourth-order valence-corrected chi connectivity index (χ4v) is 1.58. The number of esters is 1. The first-order valence-corrected chi connectivity index (χ1v) is 5.89. The van der Waals surface area contributed by atoms with E-state index in [1.807, 2.05) is 0 Å². The molecule has 1 fully saturated rings. The normalized spacial score (nSPS) is 23.9. The molecule has 0 aromatic rings. The third-order valence-corrected chi connectivity index (χ3v) is 2.50. The number of ether oxygens (including phenoxy) is 3. The van der Waals surface area contributed by atoms with Crippen molar-refractivity contribution in [3.05, 3.63) is 0 Å². The van der Waals surface area contributed by atoms with Gasteiger partial charge in [0.1, 0.15) is 6.04 Å². The minimum atomic E-state index is -0.440. The predicted octanol–water partition coefficient (Wildman–Crippen LogP) is -0.694. The molecule has 0 aromatic carbocycles. The fourth-order valence-electron chi connectivity index (χ4n) is 1.58. The molecule has 17 heavy (non-hydrogen) atoms. The lowest BCUT2D eigenvalue weighted by molar-refractivity contribution is -0.146. The number of hydrogen-bond donors (Lipinski definition) is 2. The second-order valence-electron chi connectivity index (χ2n) is 3.98. The van der Waals surface area contributed by atoms with E-state index < -0.39 is 6.10 Å². The van der Waals surface area contributed by atoms with Crippen LogP contribution in [0.2, 0.25) is 0 Å². The number of carbonyl (C=O) groups excluding carboxylic acids is 1. The summed E-state index contributed by atoms with van der Waals surface area (Å²) in [4.78, 5) is 11.5. The molecule has 0 saturated carbocycles. The molecule has 2 atom stereocenters. The van der Waals surface area contributed by atoms with Crippen LogP contribution in [0, 0.1) is 0 Å². The third-order valence-electron chi connectivity index (χ3n) is 2.50. The number of β-amino-alcohol motifs (C(OH)–C–C–N with tert-alkyl or cyclic N) is 1. The van der Waals surface area contributed by atoms with Gasteiger partial charge in [0.15, 0.2) is 0 Å². The number of nitrogens with one attached hydrogen (secondary N) is 1. The molecule has 0 spiro atoms. The highest BCUT2D eigenvalue weighted by molar-refractivity contribution is 5.76. The van der Waals surface area contributed by atoms with Crippen LogP contribution in [0.25, 0.3) is 0 Å². The fraction of sp³-hybridized carbons (Fsp3) is 0.909. The van der Waals surface area contributed by atoms with Crippen LogP contribution in [-0.4, -0.2) is 63.3 Å². The summed E-state index contributed by atoms with van der Waals surface area (Å²) in [5.74, 6) is -0.293. The summed E-state index contributed by atoms with van der Waals surface area (Å²) < 4.78 is 15.1. The SMILES string of the molecule is COCCOCCCOC(=O)[C@@H]1CC(O)CN1. The van der Waals surface area contributed by atoms with Crippen molar-refractivity contribution < 1.29 is 24.1 Å². The van der Waals surface area contributed by atoms with Gasteiger partial charge in [-0.15, -0.1) is 0 Å². The Morgan fingerprint density at radius 1 is 1.35 bits per heavy atom. The van der Waals surface area contributed by atoms with E-state index in [0.29, 0.717) is 45.8 Å². The van der Waals surface area contributed by atoms with Gasteiger partial charge in [-0.3, -0.25) is 4.79 Å². The van der Waals surface area contributed by atoms with Crippen LogP contribution >= 0.6 is 0 Å². The molecule has 6 heteroatoms. The maximum Gasteiger partial charge on any atom is 0.323 e. The minimum Gasteiger partial charge on any atom is -0.464 e. The van der Waals surface area contributed by atoms with Gasteiger partial charge in [0.2, 0.25) is 0 Å². The van der Waals surface area contributed by atoms with Crippen molar-refractivity contribution in [2.45, 2.75) is 25.0 Å². The van der Waals surface area contributed by atoms with Crippen molar-refractivity contribution in [3.63, 3.8) is 0 Å². The molecule has 1 aliphatic heterocycles. The Bertz CT molecular complexity index is 224. The van der Waals surface area contributed by atoms with E-state index >= 15 is 0 Å². The maximum atomic E-state index is 11.5. The Labute approximate surface area is 101 Å². The lowest BCUT2D eigenvalue weighted by Crippen LogP contribution is -2.32. The number of aliphatic hydroxyl groups excluding tert-OH is 1. The average molecular weight is 247 g/mol. The highest BCUT2D eigenvalue weighted by Gasteiger charge is 2.28. The second kappa shape index (κ2) is 8.41. The van der Waals surface area contributed by atoms with E-state index in [0.717, 1.165) is 0 Å². The standard InChI is InChI=1S/C11H21NO5/c1-15-5-6-16-3-2-4-17-11(14)10-7-9(13)8-12-10/h9-10,12-13H,2-8H2,1H3/t9?,10-/m0/s1. The second-order valence-corrected chi connectivity index (χ2v) is 3.98. The lowest BCUT2D eigenvalue weighted by Gasteiger charge is -2.10. The summed E-state index contributed by atoms with van der Waals surface area (Å²) in [6.45, 7) is 2.49. The molecule has 0 bridgehead atoms. The molecule has 2 N–H and O–H groups in total. The van der Waals surface area contributed by atoms with Crippen LogP contribution in [-0.2, 0) is 19.0 Å². The Kier molecular flexibility index (Phi) is 7.11. The Morgan fingerprint density at radius 2 is 2.18 bits per heavy atom. The van der Waals surface area contributed by atoms with E-state index in [1.54, 1.807) is 7.11 Å². The molecule has 1 aliphatic rings. The molecular formula is C11H21NO5. The molecule has 1 saturated heterocycles. The third kappa shape index (κ3) is 5.97. The largest absolute Gasteiger partial charge is 0.464 e. The van der Waals surface area contributed by atoms with Crippen molar-refractivity contribution in [1.82, 2.24) is 5.32 Å². The van der Waals surface area contributed by atoms with E-state index in [2.05, 4.69) is 5.32 Å². The van der Waals surface area contributed by atoms with Gasteiger partial charge in [-0.05, 0) is 0 Å². The van der Waals surface area contributed by atoms with E-state index in [9.17, 15) is 9.90 Å². The number of carbonyl (C=O) groups is 1. The molecule has 0 radical (unpaired) electrons. The van der Waals surface area contributed by atoms with Crippen LogP contribution in [0.4, 0.5) is 0 Å². The molecular weight excluding hydrogens is 226 g/mol. The van der Waals surface area contributed by atoms with Crippen molar-refractivity contribution in [1.29, 1.82) is 0 Å². The number of hydrogen-bond acceptors (Lipinski definition) is 6. The summed E-state index contributed by atoms with van der Waals surface area (Å²) in [6, 6.07) is -0.362. The highest BCUT2D eigenvalue weighted by atomic mass is 16.5. The average Bonchev–Trinajstić information content (AvgIpc) is 2.74. The van der Waals surface area contributed by atoms with Gasteiger partial charge in [-0.1, -0.05) is 0 Å². The van der Waals surface area contributed by atoms with Gasteiger partial charge in [0.05, 0.1) is 25.9 Å². The topological polar surface area (TPSA) is 77.0 Å². The summed E-state index contributed by atoms with van der Waals surface area (Å²) >= 11 is 0. The van der Waals surface area contributed by atoms with Crippen LogP contribution in [0.3, 0.4) is 0 Å². The van der Waals surface area contributed by atoms with E-state index in [1.165, 1.54) is 0 Å². The zero-order chi connectivity index (χ0) is 12.5. The lowest BCUT2D eigenvalue weighted by atomic mass is 10.2. The van der Waals surface area contributed by atoms with Crippen LogP contribution < -0.4 is 5.32 Å². The minimum absolute atomic E-state index is 0.293. The Balaban J connectivity index is 1.93. The van der Waals surface area contributed by atoms with Gasteiger partial charge >= 0.3 is 5.97 Å². The van der Waals surface area contributed by atoms with E-state index in [4.69, 9.17) is 14.2 Å². The molecule has 1 unspecified atom stereocenters. The first-order valence-electron chi connectivity index (χ1n) is 5.89. The molecule has 6 nitrogen and oxygen atoms in total. The quantitative estimate of drug-likeness (QED) is 0.436. The smallest absolute Gasteiger partial charge is 0.323 e. The Morgan fingerprint density at radius 3 is 2.82 bits per heavy atom. The molecule has 1 rings (SSSR count). The van der Waals surface area contributed by atoms with Gasteiger partial charge < -0.3 is 24.6 Å². The van der Waals surface area contributed by atoms with Gasteiger partial charge in [0.25, 0.3) is 0 Å². The zero-order valence-corrected chi connectivity index (χ0v) is 10.2. The number of aliphatic hydroxyl groups is 1. The van der Waals surface area contributed by atoms with Gasteiger partial charge in [-0.2, -0.15) is 0 Å². The first kappa shape index (κ1) is 14.4. The van der Waals surface area contributed by atoms with Crippen molar-refractivity contribution in [2.75, 3.05) is 40.1 Å². The van der Waals surface area contributed by atoms with Gasteiger partial charge in [0, 0.05) is 33.1 Å². The number of rotatable bonds is 8. The van der Waals surface area contributed by atoms with Crippen molar-refractivity contribution in [3.8, 4) is 0 Å². The molecule has 1 heterocycles. The van der Waals surface area contributed by atoms with Crippen LogP contribution in [0.15, 0.2) is 0 Å². The molecule has 0 aliphatic carbocycles. The zero-order valence-electron chi connectivity index (χ0n) is 10.2. The molecule has 100 valence electrons. The van der Waals surface area contributed by atoms with Gasteiger partial charge in [-0.25, -0.2) is 0 Å². The van der Waals surface area contributed by atoms with Crippen LogP contribution in [0.5, 0.6) is 0 Å². The highest BCUT2D eigenvalue weighted by Crippen LogP contribution is 2.07. The summed E-state index contributed by atoms with van der Waals surface area (Å²) in [5.41, 5.74) is 0. The monoisotopic (exact) mass is 247 g/mol.